The van der Waals surface area contributed by atoms with E-state index in [2.05, 4.69) is 11.2 Å². The van der Waals surface area contributed by atoms with Gasteiger partial charge in [0, 0.05) is 24.4 Å². The van der Waals surface area contributed by atoms with Gasteiger partial charge in [-0.05, 0) is 25.4 Å². The molecule has 0 aromatic heterocycles. The van der Waals surface area contributed by atoms with Crippen molar-refractivity contribution < 1.29 is 9.84 Å². The van der Waals surface area contributed by atoms with Crippen LogP contribution in [0, 0.1) is 0 Å². The lowest BCUT2D eigenvalue weighted by Crippen LogP contribution is -2.34. The molecule has 1 aromatic carbocycles. The molecule has 0 aliphatic carbocycles. The van der Waals surface area contributed by atoms with Gasteiger partial charge in [0.25, 0.3) is 0 Å². The van der Waals surface area contributed by atoms with Crippen molar-refractivity contribution in [1.82, 2.24) is 4.90 Å². The fourth-order valence-electron chi connectivity index (χ4n) is 1.68. The number of nitrogens with two attached hydrogens (primary N) is 1. The number of hydrogen-bond acceptors (Lipinski definition) is 5. The molecule has 0 spiro atoms. The average molecular weight is 314 g/mol. The van der Waals surface area contributed by atoms with Crippen LogP contribution in [0.4, 0.5) is 0 Å². The number of thiocarbonyl (C=S) groups is 1. The smallest absolute Gasteiger partial charge is 0.120 e. The van der Waals surface area contributed by atoms with Gasteiger partial charge >= 0.3 is 0 Å². The summed E-state index contributed by atoms with van der Waals surface area (Å²) in [7, 11) is 1.99. The molecule has 1 rings (SSSR count). The van der Waals surface area contributed by atoms with E-state index in [0.29, 0.717) is 17.3 Å². The Bertz CT molecular complexity index is 429. The zero-order chi connectivity index (χ0) is 15.0. The maximum absolute atomic E-state index is 9.93. The van der Waals surface area contributed by atoms with Crippen molar-refractivity contribution >= 4 is 29.0 Å². The molecule has 0 fully saturated rings. The average Bonchev–Trinajstić information content (AvgIpc) is 2.43. The van der Waals surface area contributed by atoms with E-state index >= 15 is 0 Å². The van der Waals surface area contributed by atoms with Gasteiger partial charge in [-0.3, -0.25) is 0 Å². The predicted molar refractivity (Wildman–Crippen MR) is 89.7 cm³/mol. The summed E-state index contributed by atoms with van der Waals surface area (Å²) in [5.74, 6) is 1.72. The van der Waals surface area contributed by atoms with Gasteiger partial charge in [-0.1, -0.05) is 24.4 Å². The molecular weight excluding hydrogens is 292 g/mol. The van der Waals surface area contributed by atoms with Crippen LogP contribution in [0.1, 0.15) is 5.56 Å². The van der Waals surface area contributed by atoms with Gasteiger partial charge < -0.3 is 20.5 Å². The monoisotopic (exact) mass is 314 g/mol. The fraction of sp³-hybridized carbons (Fsp3) is 0.500. The van der Waals surface area contributed by atoms with E-state index < -0.39 is 6.10 Å². The van der Waals surface area contributed by atoms with Gasteiger partial charge in [0.2, 0.25) is 0 Å². The third-order valence-corrected chi connectivity index (χ3v) is 3.59. The van der Waals surface area contributed by atoms with E-state index in [1.54, 1.807) is 17.8 Å². The molecule has 0 radical (unpaired) electrons. The van der Waals surface area contributed by atoms with Crippen molar-refractivity contribution in [3.05, 3.63) is 29.8 Å². The molecule has 1 aromatic rings. The van der Waals surface area contributed by atoms with Crippen LogP contribution >= 0.6 is 24.0 Å². The Morgan fingerprint density at radius 2 is 2.30 bits per heavy atom. The predicted octanol–water partition coefficient (Wildman–Crippen LogP) is 1.36. The summed E-state index contributed by atoms with van der Waals surface area (Å²) in [6, 6.07) is 7.28. The van der Waals surface area contributed by atoms with Crippen molar-refractivity contribution in [3.63, 3.8) is 0 Å². The van der Waals surface area contributed by atoms with Crippen LogP contribution in [0.3, 0.4) is 0 Å². The molecule has 0 bridgehead atoms. The largest absolute Gasteiger partial charge is 0.491 e. The first-order chi connectivity index (χ1) is 9.52. The van der Waals surface area contributed by atoms with Crippen LogP contribution in [0.15, 0.2) is 24.3 Å². The Labute approximate surface area is 130 Å². The second-order valence-corrected chi connectivity index (χ2v) is 6.04. The maximum Gasteiger partial charge on any atom is 0.120 e. The number of rotatable bonds is 9. The summed E-state index contributed by atoms with van der Waals surface area (Å²) in [5, 5.41) is 9.93. The lowest BCUT2D eigenvalue weighted by Gasteiger charge is -2.20. The fourth-order valence-corrected chi connectivity index (χ4v) is 2.30. The minimum absolute atomic E-state index is 0.254. The van der Waals surface area contributed by atoms with Crippen LogP contribution in [0.25, 0.3) is 0 Å². The van der Waals surface area contributed by atoms with E-state index in [1.807, 2.05) is 25.2 Å². The minimum atomic E-state index is -0.518. The van der Waals surface area contributed by atoms with Gasteiger partial charge in [-0.25, -0.2) is 0 Å². The molecule has 1 unspecified atom stereocenters. The molecule has 112 valence electrons. The number of aliphatic hydroxyl groups is 1. The highest BCUT2D eigenvalue weighted by atomic mass is 32.2. The first-order valence-electron chi connectivity index (χ1n) is 6.41. The molecular formula is C14H22N2O2S2. The number of nitrogens with zero attached hydrogens (tertiary/aromatic N) is 1. The van der Waals surface area contributed by atoms with Crippen molar-refractivity contribution in [1.29, 1.82) is 0 Å². The first-order valence-corrected chi connectivity index (χ1v) is 8.21. The normalized spacial score (nSPS) is 12.4. The zero-order valence-corrected chi connectivity index (χ0v) is 13.5. The summed E-state index contributed by atoms with van der Waals surface area (Å²) in [4.78, 5) is 2.43. The number of thioether (sulfide) groups is 1. The third kappa shape index (κ3) is 6.56. The molecule has 6 heteroatoms. The molecule has 4 nitrogen and oxygen atoms in total. The van der Waals surface area contributed by atoms with Crippen LogP contribution in [0.2, 0.25) is 0 Å². The standard InChI is InChI=1S/C14H22N2O2S2/c1-16(6-7-20-2)9-12(17)10-18-13-5-3-4-11(8-13)14(15)19/h3-5,8,12,17H,6-7,9-10H2,1-2H3,(H2,15,19). The molecule has 0 aliphatic rings. The summed E-state index contributed by atoms with van der Waals surface area (Å²) in [6.07, 6.45) is 1.55. The number of aliphatic hydroxyl groups excluding tert-OH is 1. The first kappa shape index (κ1) is 17.2. The Balaban J connectivity index is 2.38. The van der Waals surface area contributed by atoms with Crippen molar-refractivity contribution in [2.24, 2.45) is 5.73 Å². The summed E-state index contributed by atoms with van der Waals surface area (Å²) < 4.78 is 5.57. The highest BCUT2D eigenvalue weighted by molar-refractivity contribution is 7.98. The zero-order valence-electron chi connectivity index (χ0n) is 11.9. The van der Waals surface area contributed by atoms with E-state index in [9.17, 15) is 5.11 Å². The lowest BCUT2D eigenvalue weighted by atomic mass is 10.2. The summed E-state index contributed by atoms with van der Waals surface area (Å²) in [6.45, 7) is 1.80. The second kappa shape index (κ2) is 9.18. The SMILES string of the molecule is CSCCN(C)CC(O)COc1cccc(C(N)=S)c1. The Morgan fingerprint density at radius 3 is 2.95 bits per heavy atom. The van der Waals surface area contributed by atoms with Gasteiger partial charge in [-0.2, -0.15) is 11.8 Å². The lowest BCUT2D eigenvalue weighted by molar-refractivity contribution is 0.0781. The molecule has 0 amide bonds. The molecule has 0 saturated heterocycles. The van der Waals surface area contributed by atoms with E-state index in [0.717, 1.165) is 17.9 Å². The van der Waals surface area contributed by atoms with Crippen LogP contribution in [-0.4, -0.2) is 59.9 Å². The molecule has 0 heterocycles. The topological polar surface area (TPSA) is 58.7 Å². The molecule has 0 saturated carbocycles. The summed E-state index contributed by atoms with van der Waals surface area (Å²) in [5.41, 5.74) is 6.34. The number of ether oxygens (including phenoxy) is 1. The van der Waals surface area contributed by atoms with Gasteiger partial charge in [0.15, 0.2) is 0 Å². The van der Waals surface area contributed by atoms with Crippen LogP contribution in [-0.2, 0) is 0 Å². The van der Waals surface area contributed by atoms with Crippen molar-refractivity contribution in [2.75, 3.05) is 38.8 Å². The Hall–Kier alpha value is -0.820. The van der Waals surface area contributed by atoms with Gasteiger partial charge in [0.1, 0.15) is 23.4 Å². The van der Waals surface area contributed by atoms with Gasteiger partial charge in [0.05, 0.1) is 0 Å². The summed E-state index contributed by atoms with van der Waals surface area (Å²) >= 11 is 6.71. The van der Waals surface area contributed by atoms with Gasteiger partial charge in [-0.15, -0.1) is 0 Å². The van der Waals surface area contributed by atoms with E-state index in [4.69, 9.17) is 22.7 Å². The Morgan fingerprint density at radius 1 is 1.55 bits per heavy atom. The minimum Gasteiger partial charge on any atom is -0.491 e. The van der Waals surface area contributed by atoms with E-state index in [1.165, 1.54) is 0 Å². The van der Waals surface area contributed by atoms with Crippen molar-refractivity contribution in [3.8, 4) is 5.75 Å². The number of benzene rings is 1. The third-order valence-electron chi connectivity index (χ3n) is 2.76. The maximum atomic E-state index is 9.93. The number of likely N-dealkylation sites (N-methyl/N-ethyl adjacent to an activating group) is 1. The molecule has 20 heavy (non-hydrogen) atoms. The van der Waals surface area contributed by atoms with Crippen LogP contribution < -0.4 is 10.5 Å². The highest BCUT2D eigenvalue weighted by Gasteiger charge is 2.09. The van der Waals surface area contributed by atoms with Crippen LogP contribution in [0.5, 0.6) is 5.75 Å². The van der Waals surface area contributed by atoms with E-state index in [-0.39, 0.29) is 6.61 Å². The molecule has 3 N–H and O–H groups in total. The van der Waals surface area contributed by atoms with Crippen molar-refractivity contribution in [2.45, 2.75) is 6.10 Å². The Kier molecular flexibility index (Phi) is 7.91. The number of hydrogen-bond donors (Lipinski definition) is 2. The quantitative estimate of drug-likeness (QED) is 0.671. The molecule has 1 atom stereocenters. The molecule has 0 aliphatic heterocycles. The highest BCUT2D eigenvalue weighted by Crippen LogP contribution is 2.13. The second-order valence-electron chi connectivity index (χ2n) is 4.61.